The van der Waals surface area contributed by atoms with Crippen LogP contribution < -0.4 is 4.90 Å². The third kappa shape index (κ3) is 7.03. The molecule has 1 aromatic heterocycles. The number of amides is 1. The molecule has 0 N–H and O–H groups in total. The van der Waals surface area contributed by atoms with E-state index in [1.54, 1.807) is 0 Å². The highest BCUT2D eigenvalue weighted by atomic mass is 35.5. The summed E-state index contributed by atoms with van der Waals surface area (Å²) in [5, 5.41) is 10.4. The standard InChI is InChI=1S/C29H33ClN4O2S/c30-24-10-5-21(6-11-24)9-14-27-31-32-29(37-27)26(35)17-23-18-28(36)34(20-23)25-12-7-22(8-13-25)19-33-15-3-1-2-4-16-33/h5-8,10-13,23H,1-4,9,14-20H2. The number of benzene rings is 2. The Kier molecular flexibility index (Phi) is 8.64. The van der Waals surface area contributed by atoms with Crippen molar-refractivity contribution in [2.75, 3.05) is 24.5 Å². The molecule has 8 heteroatoms. The van der Waals surface area contributed by atoms with E-state index in [-0.39, 0.29) is 17.6 Å². The number of nitrogens with zero attached hydrogens (tertiary/aromatic N) is 4. The van der Waals surface area contributed by atoms with Crippen LogP contribution in [0.1, 0.15) is 64.5 Å². The van der Waals surface area contributed by atoms with Gasteiger partial charge in [0.05, 0.1) is 0 Å². The number of aromatic nitrogens is 2. The maximum Gasteiger partial charge on any atom is 0.227 e. The molecule has 1 atom stereocenters. The number of carbonyl (C=O) groups is 2. The maximum atomic E-state index is 12.9. The van der Waals surface area contributed by atoms with Gasteiger partial charge in [-0.2, -0.15) is 0 Å². The molecule has 2 fully saturated rings. The van der Waals surface area contributed by atoms with Crippen LogP contribution in [0.3, 0.4) is 0 Å². The first-order chi connectivity index (χ1) is 18.0. The van der Waals surface area contributed by atoms with E-state index in [9.17, 15) is 9.59 Å². The largest absolute Gasteiger partial charge is 0.312 e. The molecule has 194 valence electrons. The van der Waals surface area contributed by atoms with Crippen molar-refractivity contribution in [1.29, 1.82) is 0 Å². The summed E-state index contributed by atoms with van der Waals surface area (Å²) in [5.74, 6) is 0.0554. The lowest BCUT2D eigenvalue weighted by molar-refractivity contribution is -0.117. The molecule has 37 heavy (non-hydrogen) atoms. The van der Waals surface area contributed by atoms with Gasteiger partial charge in [0.25, 0.3) is 0 Å². The summed E-state index contributed by atoms with van der Waals surface area (Å²) in [7, 11) is 0. The van der Waals surface area contributed by atoms with Crippen molar-refractivity contribution in [3.05, 3.63) is 74.7 Å². The first-order valence-electron chi connectivity index (χ1n) is 13.3. The minimum atomic E-state index is -0.0253. The summed E-state index contributed by atoms with van der Waals surface area (Å²) in [6, 6.07) is 16.1. The number of rotatable bonds is 9. The Morgan fingerprint density at radius 1 is 0.919 bits per heavy atom. The van der Waals surface area contributed by atoms with Crippen molar-refractivity contribution < 1.29 is 9.59 Å². The Balaban J connectivity index is 1.12. The van der Waals surface area contributed by atoms with Gasteiger partial charge in [0, 0.05) is 43.1 Å². The van der Waals surface area contributed by atoms with Crippen LogP contribution in [-0.4, -0.2) is 46.4 Å². The van der Waals surface area contributed by atoms with E-state index in [1.807, 2.05) is 41.3 Å². The average Bonchev–Trinajstić information content (AvgIpc) is 3.43. The number of carbonyl (C=O) groups excluding carboxylic acids is 2. The minimum Gasteiger partial charge on any atom is -0.312 e. The first-order valence-corrected chi connectivity index (χ1v) is 14.4. The Bertz CT molecular complexity index is 1200. The third-order valence-corrected chi connectivity index (χ3v) is 8.55. The summed E-state index contributed by atoms with van der Waals surface area (Å²) in [5.41, 5.74) is 3.37. The smallest absolute Gasteiger partial charge is 0.227 e. The first kappa shape index (κ1) is 26.0. The van der Waals surface area contributed by atoms with Gasteiger partial charge < -0.3 is 4.90 Å². The number of likely N-dealkylation sites (tertiary alicyclic amines) is 1. The van der Waals surface area contributed by atoms with Gasteiger partial charge in [-0.05, 0) is 73.7 Å². The summed E-state index contributed by atoms with van der Waals surface area (Å²) >= 11 is 7.31. The fourth-order valence-corrected chi connectivity index (χ4v) is 6.13. The molecule has 0 spiro atoms. The number of halogens is 1. The van der Waals surface area contributed by atoms with Crippen LogP contribution in [0.15, 0.2) is 48.5 Å². The number of hydrogen-bond donors (Lipinski definition) is 0. The zero-order valence-corrected chi connectivity index (χ0v) is 22.6. The second-order valence-corrected chi connectivity index (χ2v) is 11.7. The van der Waals surface area contributed by atoms with E-state index < -0.39 is 0 Å². The second kappa shape index (κ2) is 12.3. The van der Waals surface area contributed by atoms with E-state index in [4.69, 9.17) is 11.6 Å². The maximum absolute atomic E-state index is 12.9. The van der Waals surface area contributed by atoms with E-state index in [0.717, 1.165) is 35.1 Å². The molecule has 1 unspecified atom stereocenters. The average molecular weight is 537 g/mol. The van der Waals surface area contributed by atoms with Crippen molar-refractivity contribution in [3.63, 3.8) is 0 Å². The molecule has 0 radical (unpaired) electrons. The van der Waals surface area contributed by atoms with Crippen molar-refractivity contribution in [3.8, 4) is 0 Å². The molecule has 2 aliphatic rings. The number of hydrogen-bond acceptors (Lipinski definition) is 6. The second-order valence-electron chi connectivity index (χ2n) is 10.2. The lowest BCUT2D eigenvalue weighted by Crippen LogP contribution is -2.25. The fraction of sp³-hybridized carbons (Fsp3) is 0.448. The molecule has 0 saturated carbocycles. The fourth-order valence-electron chi connectivity index (χ4n) is 5.22. The highest BCUT2D eigenvalue weighted by Crippen LogP contribution is 2.29. The van der Waals surface area contributed by atoms with Crippen LogP contribution in [0.2, 0.25) is 5.02 Å². The van der Waals surface area contributed by atoms with Gasteiger partial charge in [-0.15, -0.1) is 10.2 Å². The van der Waals surface area contributed by atoms with E-state index in [0.29, 0.717) is 24.4 Å². The highest BCUT2D eigenvalue weighted by Gasteiger charge is 2.32. The zero-order valence-electron chi connectivity index (χ0n) is 21.1. The highest BCUT2D eigenvalue weighted by molar-refractivity contribution is 7.13. The van der Waals surface area contributed by atoms with Crippen LogP contribution in [0.5, 0.6) is 0 Å². The predicted octanol–water partition coefficient (Wildman–Crippen LogP) is 5.98. The number of Topliss-reactive ketones (excluding diaryl/α,β-unsaturated/α-hetero) is 1. The minimum absolute atomic E-state index is 0.00167. The molecular weight excluding hydrogens is 504 g/mol. The monoisotopic (exact) mass is 536 g/mol. The summed E-state index contributed by atoms with van der Waals surface area (Å²) < 4.78 is 0. The van der Waals surface area contributed by atoms with Crippen molar-refractivity contribution in [2.45, 2.75) is 57.9 Å². The van der Waals surface area contributed by atoms with Gasteiger partial charge >= 0.3 is 0 Å². The lowest BCUT2D eigenvalue weighted by Gasteiger charge is -2.21. The molecule has 0 bridgehead atoms. The zero-order chi connectivity index (χ0) is 25.6. The summed E-state index contributed by atoms with van der Waals surface area (Å²) in [6.45, 7) is 3.87. The Morgan fingerprint density at radius 3 is 2.35 bits per heavy atom. The molecule has 5 rings (SSSR count). The Hall–Kier alpha value is -2.61. The van der Waals surface area contributed by atoms with E-state index in [1.165, 1.54) is 61.2 Å². The van der Waals surface area contributed by atoms with Gasteiger partial charge in [0.15, 0.2) is 10.8 Å². The van der Waals surface area contributed by atoms with Crippen LogP contribution in [0, 0.1) is 5.92 Å². The molecule has 3 heterocycles. The molecule has 2 saturated heterocycles. The van der Waals surface area contributed by atoms with Crippen LogP contribution >= 0.6 is 22.9 Å². The van der Waals surface area contributed by atoms with E-state index >= 15 is 0 Å². The molecule has 3 aromatic rings. The Morgan fingerprint density at radius 2 is 1.62 bits per heavy atom. The van der Waals surface area contributed by atoms with Gasteiger partial charge in [-0.3, -0.25) is 14.5 Å². The normalized spacial score (nSPS) is 18.8. The Labute approximate surface area is 227 Å². The van der Waals surface area contributed by atoms with Crippen LogP contribution in [0.4, 0.5) is 5.69 Å². The topological polar surface area (TPSA) is 66.4 Å². The molecular formula is C29H33ClN4O2S. The number of aryl methyl sites for hydroxylation is 2. The molecule has 2 aromatic carbocycles. The number of ketones is 1. The van der Waals surface area contributed by atoms with Gasteiger partial charge in [0.2, 0.25) is 5.91 Å². The number of anilines is 1. The molecule has 0 aliphatic carbocycles. The quantitative estimate of drug-likeness (QED) is 0.315. The van der Waals surface area contributed by atoms with E-state index in [2.05, 4.69) is 27.2 Å². The van der Waals surface area contributed by atoms with Crippen molar-refractivity contribution >= 4 is 40.3 Å². The predicted molar refractivity (Wildman–Crippen MR) is 148 cm³/mol. The molecule has 6 nitrogen and oxygen atoms in total. The lowest BCUT2D eigenvalue weighted by atomic mass is 10.0. The van der Waals surface area contributed by atoms with Crippen LogP contribution in [0.25, 0.3) is 0 Å². The molecule has 1 amide bonds. The van der Waals surface area contributed by atoms with Gasteiger partial charge in [-0.1, -0.05) is 60.0 Å². The summed E-state index contributed by atoms with van der Waals surface area (Å²) in [4.78, 5) is 30.0. The van der Waals surface area contributed by atoms with Gasteiger partial charge in [0.1, 0.15) is 5.01 Å². The molecule has 2 aliphatic heterocycles. The SMILES string of the molecule is O=C(CC1CC(=O)N(c2ccc(CN3CCCCCC3)cc2)C1)c1nnc(CCc2ccc(Cl)cc2)s1. The van der Waals surface area contributed by atoms with Crippen molar-refractivity contribution in [1.82, 2.24) is 15.1 Å². The summed E-state index contributed by atoms with van der Waals surface area (Å²) in [6.07, 6.45) is 7.50. The third-order valence-electron chi connectivity index (χ3n) is 7.28. The van der Waals surface area contributed by atoms with Crippen LogP contribution in [-0.2, 0) is 24.2 Å². The van der Waals surface area contributed by atoms with Crippen molar-refractivity contribution in [2.24, 2.45) is 5.92 Å². The van der Waals surface area contributed by atoms with Gasteiger partial charge in [-0.25, -0.2) is 0 Å².